The minimum Gasteiger partial charge on any atom is -0.376 e. The predicted molar refractivity (Wildman–Crippen MR) is 81.8 cm³/mol. The number of nitrogens with zero attached hydrogens (tertiary/aromatic N) is 2. The minimum absolute atomic E-state index is 0.109. The van der Waals surface area contributed by atoms with E-state index in [2.05, 4.69) is 10.1 Å². The van der Waals surface area contributed by atoms with Crippen molar-refractivity contribution in [2.45, 2.75) is 46.3 Å². The number of hydrogen-bond donors (Lipinski definition) is 1. The number of rotatable bonds is 5. The first-order valence-electron chi connectivity index (χ1n) is 7.12. The molecule has 2 N–H and O–H groups in total. The molecule has 2 aromatic rings. The van der Waals surface area contributed by atoms with Gasteiger partial charge in [-0.25, -0.2) is 0 Å². The normalized spacial score (nSPS) is 14.4. The van der Waals surface area contributed by atoms with Crippen molar-refractivity contribution in [3.05, 3.63) is 35.2 Å². The van der Waals surface area contributed by atoms with Crippen LogP contribution in [0, 0.1) is 13.8 Å². The van der Waals surface area contributed by atoms with E-state index in [4.69, 9.17) is 15.0 Å². The lowest BCUT2D eigenvalue weighted by molar-refractivity contribution is 0.0410. The number of aromatic nitrogens is 2. The first-order valence-corrected chi connectivity index (χ1v) is 7.12. The quantitative estimate of drug-likeness (QED) is 0.916. The standard InChI is InChI=1S/C16H23N3O2/c1-10(2)20-9-16(5,17)15-18-14(21-19-15)13-11(3)7-6-8-12(13)4/h6-8,10H,9,17H2,1-5H3. The van der Waals surface area contributed by atoms with E-state index in [-0.39, 0.29) is 6.10 Å². The molecular weight excluding hydrogens is 266 g/mol. The monoisotopic (exact) mass is 289 g/mol. The van der Waals surface area contributed by atoms with Gasteiger partial charge in [-0.15, -0.1) is 0 Å². The van der Waals surface area contributed by atoms with Gasteiger partial charge in [-0.3, -0.25) is 0 Å². The predicted octanol–water partition coefficient (Wildman–Crippen LogP) is 2.95. The fraction of sp³-hybridized carbons (Fsp3) is 0.500. The summed E-state index contributed by atoms with van der Waals surface area (Å²) >= 11 is 0. The Balaban J connectivity index is 2.29. The van der Waals surface area contributed by atoms with Crippen molar-refractivity contribution in [3.63, 3.8) is 0 Å². The summed E-state index contributed by atoms with van der Waals surface area (Å²) in [6.07, 6.45) is 0.109. The van der Waals surface area contributed by atoms with Crippen LogP contribution < -0.4 is 5.73 Å². The van der Waals surface area contributed by atoms with Gasteiger partial charge in [-0.2, -0.15) is 4.98 Å². The Morgan fingerprint density at radius 1 is 1.29 bits per heavy atom. The van der Waals surface area contributed by atoms with Crippen molar-refractivity contribution in [2.75, 3.05) is 6.61 Å². The van der Waals surface area contributed by atoms with Gasteiger partial charge in [0.05, 0.1) is 12.7 Å². The molecule has 21 heavy (non-hydrogen) atoms. The van der Waals surface area contributed by atoms with E-state index in [1.807, 2.05) is 52.8 Å². The van der Waals surface area contributed by atoms with E-state index in [0.29, 0.717) is 18.3 Å². The molecule has 0 aliphatic rings. The molecule has 5 heteroatoms. The average Bonchev–Trinajstić information content (AvgIpc) is 2.86. The van der Waals surface area contributed by atoms with Crippen LogP contribution in [-0.2, 0) is 10.3 Å². The van der Waals surface area contributed by atoms with Crippen LogP contribution in [0.5, 0.6) is 0 Å². The van der Waals surface area contributed by atoms with E-state index in [9.17, 15) is 0 Å². The smallest absolute Gasteiger partial charge is 0.258 e. The Morgan fingerprint density at radius 2 is 1.90 bits per heavy atom. The summed E-state index contributed by atoms with van der Waals surface area (Å²) in [5.41, 5.74) is 8.64. The molecule has 1 aromatic heterocycles. The number of hydrogen-bond acceptors (Lipinski definition) is 5. The van der Waals surface area contributed by atoms with Crippen molar-refractivity contribution in [2.24, 2.45) is 5.73 Å². The summed E-state index contributed by atoms with van der Waals surface area (Å²) in [5.74, 6) is 0.961. The molecule has 1 atom stereocenters. The van der Waals surface area contributed by atoms with E-state index in [1.165, 1.54) is 0 Å². The van der Waals surface area contributed by atoms with Crippen LogP contribution >= 0.6 is 0 Å². The van der Waals surface area contributed by atoms with Crippen LogP contribution in [0.2, 0.25) is 0 Å². The summed E-state index contributed by atoms with van der Waals surface area (Å²) in [4.78, 5) is 4.47. The average molecular weight is 289 g/mol. The van der Waals surface area contributed by atoms with Gasteiger partial charge >= 0.3 is 0 Å². The second kappa shape index (κ2) is 5.95. The molecule has 0 bridgehead atoms. The van der Waals surface area contributed by atoms with Crippen LogP contribution in [0.4, 0.5) is 0 Å². The molecule has 2 rings (SSSR count). The van der Waals surface area contributed by atoms with Crippen LogP contribution in [0.25, 0.3) is 11.5 Å². The van der Waals surface area contributed by atoms with Crippen molar-refractivity contribution in [1.82, 2.24) is 10.1 Å². The molecule has 114 valence electrons. The maximum absolute atomic E-state index is 6.24. The van der Waals surface area contributed by atoms with Gasteiger partial charge in [0.25, 0.3) is 5.89 Å². The molecule has 1 heterocycles. The third-order valence-electron chi connectivity index (χ3n) is 3.35. The molecule has 0 spiro atoms. The van der Waals surface area contributed by atoms with Crippen molar-refractivity contribution < 1.29 is 9.26 Å². The molecule has 0 amide bonds. The lowest BCUT2D eigenvalue weighted by Gasteiger charge is -2.21. The first kappa shape index (κ1) is 15.7. The Bertz CT molecular complexity index is 597. The Hall–Kier alpha value is -1.72. The maximum atomic E-state index is 6.24. The molecule has 0 saturated heterocycles. The van der Waals surface area contributed by atoms with Crippen LogP contribution in [0.15, 0.2) is 22.7 Å². The maximum Gasteiger partial charge on any atom is 0.258 e. The van der Waals surface area contributed by atoms with Crippen molar-refractivity contribution in [3.8, 4) is 11.5 Å². The van der Waals surface area contributed by atoms with Gasteiger partial charge in [0.15, 0.2) is 5.82 Å². The third kappa shape index (κ3) is 3.49. The van der Waals surface area contributed by atoms with E-state index in [1.54, 1.807) is 0 Å². The minimum atomic E-state index is -0.775. The largest absolute Gasteiger partial charge is 0.376 e. The zero-order valence-corrected chi connectivity index (χ0v) is 13.3. The third-order valence-corrected chi connectivity index (χ3v) is 3.35. The lowest BCUT2D eigenvalue weighted by atomic mass is 10.0. The lowest BCUT2D eigenvalue weighted by Crippen LogP contribution is -2.40. The molecular formula is C16H23N3O2. The van der Waals surface area contributed by atoms with Crippen molar-refractivity contribution in [1.29, 1.82) is 0 Å². The highest BCUT2D eigenvalue weighted by Gasteiger charge is 2.29. The van der Waals surface area contributed by atoms with Crippen LogP contribution in [0.3, 0.4) is 0 Å². The zero-order chi connectivity index (χ0) is 15.6. The zero-order valence-electron chi connectivity index (χ0n) is 13.3. The molecule has 0 fully saturated rings. The van der Waals surface area contributed by atoms with E-state index in [0.717, 1.165) is 16.7 Å². The van der Waals surface area contributed by atoms with Gasteiger partial charge in [-0.1, -0.05) is 23.4 Å². The molecule has 0 aliphatic carbocycles. The second-order valence-corrected chi connectivity index (χ2v) is 5.97. The topological polar surface area (TPSA) is 74.2 Å². The first-order chi connectivity index (χ1) is 9.81. The number of ether oxygens (including phenoxy) is 1. The summed E-state index contributed by atoms with van der Waals surface area (Å²) in [6, 6.07) is 6.06. The molecule has 5 nitrogen and oxygen atoms in total. The number of benzene rings is 1. The number of aryl methyl sites for hydroxylation is 2. The van der Waals surface area contributed by atoms with Gasteiger partial charge < -0.3 is 15.0 Å². The fourth-order valence-corrected chi connectivity index (χ4v) is 2.11. The molecule has 0 radical (unpaired) electrons. The summed E-state index contributed by atoms with van der Waals surface area (Å²) in [7, 11) is 0. The Morgan fingerprint density at radius 3 is 2.48 bits per heavy atom. The molecule has 0 aliphatic heterocycles. The highest BCUT2D eigenvalue weighted by molar-refractivity contribution is 5.62. The van der Waals surface area contributed by atoms with Gasteiger partial charge in [0.2, 0.25) is 0 Å². The van der Waals surface area contributed by atoms with Gasteiger partial charge in [0.1, 0.15) is 5.54 Å². The van der Waals surface area contributed by atoms with Crippen LogP contribution in [-0.4, -0.2) is 22.9 Å². The number of nitrogens with two attached hydrogens (primary N) is 1. The van der Waals surface area contributed by atoms with E-state index >= 15 is 0 Å². The Kier molecular flexibility index (Phi) is 4.44. The highest BCUT2D eigenvalue weighted by Crippen LogP contribution is 2.27. The van der Waals surface area contributed by atoms with Gasteiger partial charge in [0, 0.05) is 5.56 Å². The second-order valence-electron chi connectivity index (χ2n) is 5.97. The van der Waals surface area contributed by atoms with Gasteiger partial charge in [-0.05, 0) is 45.7 Å². The highest BCUT2D eigenvalue weighted by atomic mass is 16.5. The summed E-state index contributed by atoms with van der Waals surface area (Å²) in [5, 5.41) is 4.03. The van der Waals surface area contributed by atoms with Crippen LogP contribution in [0.1, 0.15) is 37.7 Å². The summed E-state index contributed by atoms with van der Waals surface area (Å²) < 4.78 is 11.0. The molecule has 1 aromatic carbocycles. The fourth-order valence-electron chi connectivity index (χ4n) is 2.11. The van der Waals surface area contributed by atoms with E-state index < -0.39 is 5.54 Å². The molecule has 0 saturated carbocycles. The SMILES string of the molecule is Cc1cccc(C)c1-c1nc(C(C)(N)COC(C)C)no1. The Labute approximate surface area is 125 Å². The van der Waals surface area contributed by atoms with Crippen molar-refractivity contribution >= 4 is 0 Å². The summed E-state index contributed by atoms with van der Waals surface area (Å²) in [6.45, 7) is 10.2. The molecule has 1 unspecified atom stereocenters.